The summed E-state index contributed by atoms with van der Waals surface area (Å²) in [6.07, 6.45) is 0.375. The van der Waals surface area contributed by atoms with E-state index in [2.05, 4.69) is 5.32 Å². The van der Waals surface area contributed by atoms with Gasteiger partial charge in [-0.15, -0.1) is 11.3 Å². The number of nitrogen functional groups attached to an aromatic ring is 1. The first-order valence-electron chi connectivity index (χ1n) is 5.02. The molecule has 0 radical (unpaired) electrons. The molecule has 0 saturated heterocycles. The average Bonchev–Trinajstić information content (AvgIpc) is 2.76. The molecule has 2 aromatic rings. The van der Waals surface area contributed by atoms with Crippen molar-refractivity contribution in [2.24, 2.45) is 0 Å². The zero-order valence-corrected chi connectivity index (χ0v) is 10.5. The highest BCUT2D eigenvalue weighted by Gasteiger charge is 2.05. The summed E-state index contributed by atoms with van der Waals surface area (Å²) < 4.78 is 0. The quantitative estimate of drug-likeness (QED) is 0.839. The van der Waals surface area contributed by atoms with Crippen molar-refractivity contribution in [3.05, 3.63) is 45.6 Å². The number of amides is 1. The van der Waals surface area contributed by atoms with E-state index in [-0.39, 0.29) is 5.91 Å². The SMILES string of the molecule is Nc1cc(NC(=O)Cc2cccs2)ccc1Cl. The molecule has 0 aliphatic heterocycles. The molecule has 0 aliphatic rings. The van der Waals surface area contributed by atoms with E-state index in [9.17, 15) is 4.79 Å². The van der Waals surface area contributed by atoms with Crippen LogP contribution in [0.5, 0.6) is 0 Å². The molecule has 3 N–H and O–H groups in total. The van der Waals surface area contributed by atoms with Crippen molar-refractivity contribution in [1.29, 1.82) is 0 Å². The van der Waals surface area contributed by atoms with Gasteiger partial charge in [0, 0.05) is 10.6 Å². The lowest BCUT2D eigenvalue weighted by Crippen LogP contribution is -2.13. The summed E-state index contributed by atoms with van der Waals surface area (Å²) in [6, 6.07) is 8.89. The van der Waals surface area contributed by atoms with Crippen molar-refractivity contribution in [2.45, 2.75) is 6.42 Å². The summed E-state index contributed by atoms with van der Waals surface area (Å²) >= 11 is 7.36. The first-order valence-corrected chi connectivity index (χ1v) is 6.28. The van der Waals surface area contributed by atoms with Gasteiger partial charge in [0.1, 0.15) is 0 Å². The predicted octanol–water partition coefficient (Wildman–Crippen LogP) is 3.16. The largest absolute Gasteiger partial charge is 0.397 e. The maximum atomic E-state index is 11.7. The highest BCUT2D eigenvalue weighted by atomic mass is 35.5. The normalized spacial score (nSPS) is 10.2. The van der Waals surface area contributed by atoms with E-state index in [4.69, 9.17) is 17.3 Å². The lowest BCUT2D eigenvalue weighted by atomic mass is 10.2. The molecule has 1 aromatic heterocycles. The third-order valence-electron chi connectivity index (χ3n) is 2.19. The van der Waals surface area contributed by atoms with Crippen LogP contribution in [0.4, 0.5) is 11.4 Å². The molecule has 0 fully saturated rings. The first kappa shape index (κ1) is 12.0. The highest BCUT2D eigenvalue weighted by molar-refractivity contribution is 7.10. The summed E-state index contributed by atoms with van der Waals surface area (Å²) in [5.41, 5.74) is 6.77. The lowest BCUT2D eigenvalue weighted by molar-refractivity contribution is -0.115. The van der Waals surface area contributed by atoms with Gasteiger partial charge in [-0.25, -0.2) is 0 Å². The molecule has 5 heteroatoms. The second-order valence-electron chi connectivity index (χ2n) is 3.54. The van der Waals surface area contributed by atoms with Gasteiger partial charge in [-0.3, -0.25) is 4.79 Å². The molecule has 0 aliphatic carbocycles. The fourth-order valence-corrected chi connectivity index (χ4v) is 2.22. The van der Waals surface area contributed by atoms with Crippen molar-refractivity contribution in [3.63, 3.8) is 0 Å². The Morgan fingerprint density at radius 2 is 2.24 bits per heavy atom. The molecule has 1 heterocycles. The van der Waals surface area contributed by atoms with Crippen molar-refractivity contribution in [1.82, 2.24) is 0 Å². The summed E-state index contributed by atoms with van der Waals surface area (Å²) in [4.78, 5) is 12.7. The van der Waals surface area contributed by atoms with Crippen LogP contribution in [-0.4, -0.2) is 5.91 Å². The van der Waals surface area contributed by atoms with Crippen LogP contribution in [0.25, 0.3) is 0 Å². The van der Waals surface area contributed by atoms with Gasteiger partial charge in [0.15, 0.2) is 0 Å². The summed E-state index contributed by atoms with van der Waals surface area (Å²) in [7, 11) is 0. The summed E-state index contributed by atoms with van der Waals surface area (Å²) in [5.74, 6) is -0.0610. The third-order valence-corrected chi connectivity index (χ3v) is 3.42. The van der Waals surface area contributed by atoms with Crippen LogP contribution in [0.1, 0.15) is 4.88 Å². The van der Waals surface area contributed by atoms with Crippen LogP contribution in [0.2, 0.25) is 5.02 Å². The van der Waals surface area contributed by atoms with E-state index in [1.54, 1.807) is 29.5 Å². The number of carbonyl (C=O) groups excluding carboxylic acids is 1. The van der Waals surface area contributed by atoms with Gasteiger partial charge < -0.3 is 11.1 Å². The molecule has 3 nitrogen and oxygen atoms in total. The zero-order chi connectivity index (χ0) is 12.3. The molecule has 0 spiro atoms. The zero-order valence-electron chi connectivity index (χ0n) is 8.94. The van der Waals surface area contributed by atoms with Crippen LogP contribution in [0.15, 0.2) is 35.7 Å². The molecule has 0 saturated carbocycles. The van der Waals surface area contributed by atoms with Crippen molar-refractivity contribution < 1.29 is 4.79 Å². The van der Waals surface area contributed by atoms with Gasteiger partial charge in [0.05, 0.1) is 17.1 Å². The Morgan fingerprint density at radius 1 is 1.41 bits per heavy atom. The maximum Gasteiger partial charge on any atom is 0.229 e. The number of hydrogen-bond acceptors (Lipinski definition) is 3. The van der Waals surface area contributed by atoms with E-state index in [0.29, 0.717) is 22.8 Å². The van der Waals surface area contributed by atoms with Gasteiger partial charge in [0.2, 0.25) is 5.91 Å². The molecule has 0 unspecified atom stereocenters. The van der Waals surface area contributed by atoms with E-state index in [1.807, 2.05) is 17.5 Å². The molecular weight excluding hydrogens is 256 g/mol. The molecule has 88 valence electrons. The number of hydrogen-bond donors (Lipinski definition) is 2. The van der Waals surface area contributed by atoms with E-state index in [0.717, 1.165) is 4.88 Å². The van der Waals surface area contributed by atoms with Crippen LogP contribution < -0.4 is 11.1 Å². The van der Waals surface area contributed by atoms with Gasteiger partial charge in [-0.2, -0.15) is 0 Å². The molecule has 17 heavy (non-hydrogen) atoms. The monoisotopic (exact) mass is 266 g/mol. The van der Waals surface area contributed by atoms with Crippen LogP contribution in [-0.2, 0) is 11.2 Å². The standard InChI is InChI=1S/C12H11ClN2OS/c13-10-4-3-8(6-11(10)14)15-12(16)7-9-2-1-5-17-9/h1-6H,7,14H2,(H,15,16). The smallest absolute Gasteiger partial charge is 0.229 e. The fraction of sp³-hybridized carbons (Fsp3) is 0.0833. The number of anilines is 2. The van der Waals surface area contributed by atoms with Crippen molar-refractivity contribution >= 4 is 40.2 Å². The number of rotatable bonds is 3. The highest BCUT2D eigenvalue weighted by Crippen LogP contribution is 2.22. The van der Waals surface area contributed by atoms with E-state index in [1.165, 1.54) is 0 Å². The summed E-state index contributed by atoms with van der Waals surface area (Å²) in [6.45, 7) is 0. The third kappa shape index (κ3) is 3.22. The lowest BCUT2D eigenvalue weighted by Gasteiger charge is -2.06. The van der Waals surface area contributed by atoms with Gasteiger partial charge in [-0.05, 0) is 29.6 Å². The second kappa shape index (κ2) is 5.21. The molecule has 1 amide bonds. The Morgan fingerprint density at radius 3 is 2.88 bits per heavy atom. The second-order valence-corrected chi connectivity index (χ2v) is 4.98. The van der Waals surface area contributed by atoms with Crippen molar-refractivity contribution in [3.8, 4) is 0 Å². The van der Waals surface area contributed by atoms with E-state index < -0.39 is 0 Å². The average molecular weight is 267 g/mol. The van der Waals surface area contributed by atoms with Gasteiger partial charge in [0.25, 0.3) is 0 Å². The Kier molecular flexibility index (Phi) is 3.66. The molecule has 0 atom stereocenters. The number of halogens is 1. The Balaban J connectivity index is 2.00. The predicted molar refractivity (Wildman–Crippen MR) is 72.5 cm³/mol. The fourth-order valence-electron chi connectivity index (χ4n) is 1.40. The minimum absolute atomic E-state index is 0.0610. The molecule has 0 bridgehead atoms. The number of nitrogens with one attached hydrogen (secondary N) is 1. The van der Waals surface area contributed by atoms with Crippen LogP contribution >= 0.6 is 22.9 Å². The molecular formula is C12H11ClN2OS. The maximum absolute atomic E-state index is 11.7. The van der Waals surface area contributed by atoms with Gasteiger partial charge >= 0.3 is 0 Å². The number of carbonyl (C=O) groups is 1. The Hall–Kier alpha value is -1.52. The van der Waals surface area contributed by atoms with Crippen molar-refractivity contribution in [2.75, 3.05) is 11.1 Å². The topological polar surface area (TPSA) is 55.1 Å². The van der Waals surface area contributed by atoms with Crippen LogP contribution in [0.3, 0.4) is 0 Å². The minimum Gasteiger partial charge on any atom is -0.397 e. The molecule has 2 rings (SSSR count). The minimum atomic E-state index is -0.0610. The van der Waals surface area contributed by atoms with Crippen LogP contribution in [0, 0.1) is 0 Å². The van der Waals surface area contributed by atoms with E-state index >= 15 is 0 Å². The molecule has 1 aromatic carbocycles. The number of thiophene rings is 1. The number of nitrogens with two attached hydrogens (primary N) is 1. The summed E-state index contributed by atoms with van der Waals surface area (Å²) in [5, 5.41) is 5.21. The first-order chi connectivity index (χ1) is 8.15. The number of benzene rings is 1. The Labute approximate surface area is 108 Å². The Bertz CT molecular complexity index is 525. The van der Waals surface area contributed by atoms with Gasteiger partial charge in [-0.1, -0.05) is 17.7 Å².